The fraction of sp³-hybridized carbons (Fsp3) is 0.909. The summed E-state index contributed by atoms with van der Waals surface area (Å²) in [6.07, 6.45) is 1.29. The molecule has 0 aromatic heterocycles. The molecule has 92 valence electrons. The van der Waals surface area contributed by atoms with E-state index in [4.69, 9.17) is 5.73 Å². The number of nitrogens with two attached hydrogens (primary N) is 1. The predicted octanol–water partition coefficient (Wildman–Crippen LogP) is -0.953. The Labute approximate surface area is 96.0 Å². The van der Waals surface area contributed by atoms with E-state index in [1.54, 1.807) is 6.92 Å². The van der Waals surface area contributed by atoms with Crippen molar-refractivity contribution in [3.05, 3.63) is 0 Å². The largest absolute Gasteiger partial charge is 0.391 e. The molecule has 16 heavy (non-hydrogen) atoms. The Morgan fingerprint density at radius 3 is 2.81 bits per heavy atom. The van der Waals surface area contributed by atoms with E-state index < -0.39 is 12.1 Å². The van der Waals surface area contributed by atoms with Crippen molar-refractivity contribution in [2.24, 2.45) is 5.73 Å². The summed E-state index contributed by atoms with van der Waals surface area (Å²) >= 11 is 0. The summed E-state index contributed by atoms with van der Waals surface area (Å²) in [4.78, 5) is 14.0. The Balaban J connectivity index is 2.12. The Morgan fingerprint density at radius 1 is 1.69 bits per heavy atom. The minimum absolute atomic E-state index is 0.0381. The predicted molar refractivity (Wildman–Crippen MR) is 60.8 cm³/mol. The number of likely N-dealkylation sites (tertiary alicyclic amines) is 1. The molecule has 0 aromatic carbocycles. The number of carbonyl (C=O) groups is 1. The van der Waals surface area contributed by atoms with E-state index in [0.29, 0.717) is 6.04 Å². The lowest BCUT2D eigenvalue weighted by molar-refractivity contribution is -0.142. The average Bonchev–Trinajstić information content (AvgIpc) is 2.71. The van der Waals surface area contributed by atoms with Gasteiger partial charge in [0.05, 0.1) is 11.6 Å². The highest BCUT2D eigenvalue weighted by molar-refractivity contribution is 5.83. The van der Waals surface area contributed by atoms with Gasteiger partial charge in [0.1, 0.15) is 6.04 Å². The molecule has 2 fully saturated rings. The quantitative estimate of drug-likeness (QED) is 0.568. The molecule has 4 atom stereocenters. The SMILES string of the molecule is CC1NCC12CCCN2C(=O)[C@@H](N)[C@@H](C)O. The zero-order valence-corrected chi connectivity index (χ0v) is 9.94. The van der Waals surface area contributed by atoms with Gasteiger partial charge in [0.2, 0.25) is 5.91 Å². The number of hydrogen-bond acceptors (Lipinski definition) is 4. The second-order valence-corrected chi connectivity index (χ2v) is 5.07. The molecular weight excluding hydrogens is 206 g/mol. The van der Waals surface area contributed by atoms with Crippen LogP contribution in [0.5, 0.6) is 0 Å². The second kappa shape index (κ2) is 3.98. The standard InChI is InChI=1S/C11H21N3O2/c1-7(15)9(12)10(16)14-5-3-4-11(14)6-13-8(11)2/h7-9,13,15H,3-6,12H2,1-2H3/t7-,8?,9+,11?/m1/s1. The summed E-state index contributed by atoms with van der Waals surface area (Å²) in [7, 11) is 0. The Kier molecular flexibility index (Phi) is 2.94. The first-order valence-corrected chi connectivity index (χ1v) is 5.97. The van der Waals surface area contributed by atoms with E-state index in [2.05, 4.69) is 12.2 Å². The van der Waals surface area contributed by atoms with Gasteiger partial charge in [-0.2, -0.15) is 0 Å². The minimum Gasteiger partial charge on any atom is -0.391 e. The highest BCUT2D eigenvalue weighted by Gasteiger charge is 2.53. The third-order valence-electron chi connectivity index (χ3n) is 4.12. The molecule has 1 amide bonds. The summed E-state index contributed by atoms with van der Waals surface area (Å²) < 4.78 is 0. The summed E-state index contributed by atoms with van der Waals surface area (Å²) in [5, 5.41) is 12.7. The summed E-state index contributed by atoms with van der Waals surface area (Å²) in [6.45, 7) is 5.29. The van der Waals surface area contributed by atoms with Crippen molar-refractivity contribution in [1.82, 2.24) is 10.2 Å². The van der Waals surface area contributed by atoms with Gasteiger partial charge in [0, 0.05) is 19.1 Å². The monoisotopic (exact) mass is 227 g/mol. The maximum absolute atomic E-state index is 12.2. The van der Waals surface area contributed by atoms with Gasteiger partial charge in [-0.05, 0) is 26.7 Å². The van der Waals surface area contributed by atoms with Gasteiger partial charge in [0.15, 0.2) is 0 Å². The lowest BCUT2D eigenvalue weighted by atomic mass is 9.80. The average molecular weight is 227 g/mol. The fourth-order valence-corrected chi connectivity index (χ4v) is 2.79. The van der Waals surface area contributed by atoms with Gasteiger partial charge in [-0.1, -0.05) is 0 Å². The van der Waals surface area contributed by atoms with Crippen molar-refractivity contribution in [3.63, 3.8) is 0 Å². The number of amides is 1. The van der Waals surface area contributed by atoms with Crippen LogP contribution in [-0.2, 0) is 4.79 Å². The third kappa shape index (κ3) is 1.54. The Hall–Kier alpha value is -0.650. The number of aliphatic hydroxyl groups excluding tert-OH is 1. The zero-order chi connectivity index (χ0) is 11.9. The number of hydrogen-bond donors (Lipinski definition) is 3. The van der Waals surface area contributed by atoms with E-state index in [1.165, 1.54) is 0 Å². The van der Waals surface area contributed by atoms with Crippen molar-refractivity contribution in [2.45, 2.75) is 50.4 Å². The van der Waals surface area contributed by atoms with Crippen LogP contribution in [0.2, 0.25) is 0 Å². The molecule has 2 rings (SSSR count). The van der Waals surface area contributed by atoms with E-state index in [0.717, 1.165) is 25.9 Å². The van der Waals surface area contributed by atoms with Gasteiger partial charge in [-0.25, -0.2) is 0 Å². The normalized spacial score (nSPS) is 37.2. The van der Waals surface area contributed by atoms with Crippen LogP contribution in [0.15, 0.2) is 0 Å². The van der Waals surface area contributed by atoms with Crippen molar-refractivity contribution in [2.75, 3.05) is 13.1 Å². The van der Waals surface area contributed by atoms with Gasteiger partial charge in [-0.3, -0.25) is 4.79 Å². The van der Waals surface area contributed by atoms with E-state index in [1.807, 2.05) is 4.90 Å². The Morgan fingerprint density at radius 2 is 2.38 bits per heavy atom. The molecule has 0 aromatic rings. The van der Waals surface area contributed by atoms with Crippen LogP contribution in [0, 0.1) is 0 Å². The molecule has 0 saturated carbocycles. The highest BCUT2D eigenvalue weighted by Crippen LogP contribution is 2.37. The number of carbonyl (C=O) groups excluding carboxylic acids is 1. The molecule has 2 aliphatic heterocycles. The first-order valence-electron chi connectivity index (χ1n) is 5.97. The second-order valence-electron chi connectivity index (χ2n) is 5.07. The molecule has 2 unspecified atom stereocenters. The molecular formula is C11H21N3O2. The van der Waals surface area contributed by atoms with E-state index >= 15 is 0 Å². The molecule has 5 heteroatoms. The molecule has 4 N–H and O–H groups in total. The first-order chi connectivity index (χ1) is 7.49. The molecule has 2 aliphatic rings. The van der Waals surface area contributed by atoms with Gasteiger partial charge in [0.25, 0.3) is 0 Å². The molecule has 5 nitrogen and oxygen atoms in total. The summed E-state index contributed by atoms with van der Waals surface area (Å²) in [5.74, 6) is -0.110. The van der Waals surface area contributed by atoms with Crippen molar-refractivity contribution in [1.29, 1.82) is 0 Å². The van der Waals surface area contributed by atoms with Crippen LogP contribution < -0.4 is 11.1 Å². The molecule has 0 aliphatic carbocycles. The fourth-order valence-electron chi connectivity index (χ4n) is 2.79. The third-order valence-corrected chi connectivity index (χ3v) is 4.12. The lowest BCUT2D eigenvalue weighted by Gasteiger charge is -2.52. The molecule has 2 saturated heterocycles. The molecule has 1 spiro atoms. The van der Waals surface area contributed by atoms with Crippen LogP contribution in [0.4, 0.5) is 0 Å². The van der Waals surface area contributed by atoms with Gasteiger partial charge in [-0.15, -0.1) is 0 Å². The topological polar surface area (TPSA) is 78.6 Å². The number of aliphatic hydroxyl groups is 1. The van der Waals surface area contributed by atoms with Crippen molar-refractivity contribution >= 4 is 5.91 Å². The molecule has 0 radical (unpaired) electrons. The van der Waals surface area contributed by atoms with Gasteiger partial charge < -0.3 is 21.1 Å². The van der Waals surface area contributed by atoms with Gasteiger partial charge >= 0.3 is 0 Å². The molecule has 2 heterocycles. The Bertz CT molecular complexity index is 295. The van der Waals surface area contributed by atoms with E-state index in [-0.39, 0.29) is 11.4 Å². The number of rotatable bonds is 2. The smallest absolute Gasteiger partial charge is 0.242 e. The first kappa shape index (κ1) is 11.8. The minimum atomic E-state index is -0.789. The van der Waals surface area contributed by atoms with Crippen LogP contribution in [0.25, 0.3) is 0 Å². The zero-order valence-electron chi connectivity index (χ0n) is 9.94. The summed E-state index contributed by atoms with van der Waals surface area (Å²) in [6, 6.07) is -0.456. The van der Waals surface area contributed by atoms with Crippen LogP contribution >= 0.6 is 0 Å². The number of nitrogens with one attached hydrogen (secondary N) is 1. The van der Waals surface area contributed by atoms with Crippen molar-refractivity contribution in [3.8, 4) is 0 Å². The van der Waals surface area contributed by atoms with E-state index in [9.17, 15) is 9.90 Å². The lowest BCUT2D eigenvalue weighted by Crippen LogP contribution is -2.74. The van der Waals surface area contributed by atoms with Crippen LogP contribution in [0.1, 0.15) is 26.7 Å². The van der Waals surface area contributed by atoms with Crippen molar-refractivity contribution < 1.29 is 9.90 Å². The molecule has 0 bridgehead atoms. The van der Waals surface area contributed by atoms with Crippen LogP contribution in [0.3, 0.4) is 0 Å². The maximum atomic E-state index is 12.2. The number of nitrogens with zero attached hydrogens (tertiary/aromatic N) is 1. The highest BCUT2D eigenvalue weighted by atomic mass is 16.3. The summed E-state index contributed by atoms with van der Waals surface area (Å²) in [5.41, 5.74) is 5.69. The maximum Gasteiger partial charge on any atom is 0.242 e. The van der Waals surface area contributed by atoms with Crippen LogP contribution in [-0.4, -0.2) is 52.7 Å².